The van der Waals surface area contributed by atoms with Gasteiger partial charge in [0.15, 0.2) is 6.10 Å². The van der Waals surface area contributed by atoms with Gasteiger partial charge in [0, 0.05) is 19.7 Å². The van der Waals surface area contributed by atoms with Gasteiger partial charge in [-0.1, -0.05) is 0 Å². The van der Waals surface area contributed by atoms with E-state index in [0.29, 0.717) is 24.0 Å². The number of ether oxygens (including phenoxy) is 2. The summed E-state index contributed by atoms with van der Waals surface area (Å²) in [7, 11) is 0. The van der Waals surface area contributed by atoms with Gasteiger partial charge in [0.25, 0.3) is 0 Å². The number of alkyl carbamates (subject to hydrolysis) is 1. The van der Waals surface area contributed by atoms with E-state index in [9.17, 15) is 33.1 Å². The normalized spacial score (nSPS) is 21.7. The number of aromatic nitrogens is 2. The molecule has 2 unspecified atom stereocenters. The summed E-state index contributed by atoms with van der Waals surface area (Å²) in [6.07, 6.45) is -4.99. The highest BCUT2D eigenvalue weighted by Gasteiger charge is 2.59. The summed E-state index contributed by atoms with van der Waals surface area (Å²) in [6.45, 7) is 5.79. The molecule has 3 amide bonds. The first kappa shape index (κ1) is 30.1. The summed E-state index contributed by atoms with van der Waals surface area (Å²) in [5.41, 5.74) is -2.03. The molecule has 1 aromatic heterocycles. The Labute approximate surface area is 211 Å². The minimum atomic E-state index is -3.89. The Bertz CT molecular complexity index is 1030. The van der Waals surface area contributed by atoms with Crippen LogP contribution in [0, 0.1) is 0 Å². The van der Waals surface area contributed by atoms with Crippen LogP contribution < -0.4 is 21.6 Å². The Hall–Kier alpha value is -3.17. The molecule has 0 spiro atoms. The lowest BCUT2D eigenvalue weighted by atomic mass is 10.1. The van der Waals surface area contributed by atoms with Crippen molar-refractivity contribution < 1.29 is 42.9 Å². The maximum absolute atomic E-state index is 14.4. The number of alkyl halides is 2. The van der Waals surface area contributed by atoms with Crippen LogP contribution in [0.3, 0.4) is 0 Å². The van der Waals surface area contributed by atoms with E-state index >= 15 is 0 Å². The van der Waals surface area contributed by atoms with E-state index in [1.165, 1.54) is 6.92 Å². The van der Waals surface area contributed by atoms with Crippen molar-refractivity contribution in [2.75, 3.05) is 18.5 Å². The Morgan fingerprint density at radius 1 is 1.30 bits per heavy atom. The van der Waals surface area contributed by atoms with Gasteiger partial charge in [-0.05, 0) is 46.1 Å². The van der Waals surface area contributed by atoms with Crippen LogP contribution in [-0.4, -0.2) is 80.6 Å². The van der Waals surface area contributed by atoms with Gasteiger partial charge in [0.2, 0.25) is 18.0 Å². The third kappa shape index (κ3) is 8.43. The molecule has 1 aliphatic rings. The zero-order valence-corrected chi connectivity index (χ0v) is 21.0. The molecule has 0 radical (unpaired) electrons. The number of anilines is 1. The molecule has 208 valence electrons. The molecule has 4 atom stereocenters. The molecule has 5 N–H and O–H groups in total. The number of nitrogens with zero attached hydrogens (tertiary/aromatic N) is 2. The van der Waals surface area contributed by atoms with Crippen molar-refractivity contribution in [2.24, 2.45) is 0 Å². The topological polar surface area (TPSA) is 181 Å². The van der Waals surface area contributed by atoms with E-state index in [-0.39, 0.29) is 18.1 Å². The summed E-state index contributed by atoms with van der Waals surface area (Å²) in [5, 5.41) is 26.2. The van der Waals surface area contributed by atoms with Crippen molar-refractivity contribution in [3.8, 4) is 0 Å². The first-order chi connectivity index (χ1) is 17.2. The van der Waals surface area contributed by atoms with E-state index in [0.717, 1.165) is 12.3 Å². The molecule has 0 saturated carbocycles. The number of amides is 3. The van der Waals surface area contributed by atoms with Gasteiger partial charge in [0.05, 0.1) is 6.61 Å². The number of halogens is 2. The second-order valence-electron chi connectivity index (χ2n) is 9.50. The van der Waals surface area contributed by atoms with Crippen LogP contribution in [-0.2, 0) is 19.1 Å². The molecule has 0 bridgehead atoms. The van der Waals surface area contributed by atoms with E-state index in [4.69, 9.17) is 14.6 Å². The van der Waals surface area contributed by atoms with E-state index in [2.05, 4.69) is 20.9 Å². The van der Waals surface area contributed by atoms with Crippen molar-refractivity contribution >= 4 is 23.7 Å². The van der Waals surface area contributed by atoms with Gasteiger partial charge in [-0.15, -0.1) is 0 Å². The fourth-order valence-corrected chi connectivity index (χ4v) is 3.45. The fraction of sp³-hybridized carbons (Fsp3) is 0.682. The Morgan fingerprint density at radius 3 is 2.51 bits per heavy atom. The van der Waals surface area contributed by atoms with Crippen LogP contribution in [0.4, 0.5) is 19.4 Å². The number of carbonyl (C=O) groups is 3. The minimum absolute atomic E-state index is 0.157. The van der Waals surface area contributed by atoms with Crippen LogP contribution in [0.25, 0.3) is 0 Å². The molecule has 1 aromatic rings. The van der Waals surface area contributed by atoms with Crippen molar-refractivity contribution in [1.29, 1.82) is 0 Å². The molecular formula is C22H33F2N5O8. The highest BCUT2D eigenvalue weighted by atomic mass is 19.3. The molecular weight excluding hydrogens is 500 g/mol. The number of rotatable bonds is 10. The number of hydrogen-bond acceptors (Lipinski definition) is 9. The average molecular weight is 534 g/mol. The van der Waals surface area contributed by atoms with E-state index in [1.54, 1.807) is 20.8 Å². The summed E-state index contributed by atoms with van der Waals surface area (Å²) >= 11 is 0. The summed E-state index contributed by atoms with van der Waals surface area (Å²) in [6, 6.07) is -0.0296. The average Bonchev–Trinajstić information content (AvgIpc) is 3.00. The predicted octanol–water partition coefficient (Wildman–Crippen LogP) is 0.267. The molecule has 1 saturated heterocycles. The van der Waals surface area contributed by atoms with Crippen molar-refractivity contribution in [3.05, 3.63) is 22.7 Å². The second kappa shape index (κ2) is 12.4. The Morgan fingerprint density at radius 2 is 1.97 bits per heavy atom. The fourth-order valence-electron chi connectivity index (χ4n) is 3.45. The minimum Gasteiger partial charge on any atom is -0.444 e. The number of aliphatic hydroxyl groups is 2. The molecule has 2 heterocycles. The van der Waals surface area contributed by atoms with Crippen molar-refractivity contribution in [1.82, 2.24) is 20.2 Å². The van der Waals surface area contributed by atoms with Gasteiger partial charge in [-0.25, -0.2) is 9.59 Å². The quantitative estimate of drug-likeness (QED) is 0.264. The van der Waals surface area contributed by atoms with Gasteiger partial charge in [-0.3, -0.25) is 14.2 Å². The molecule has 0 aliphatic carbocycles. The largest absolute Gasteiger partial charge is 0.444 e. The Balaban J connectivity index is 2.13. The highest BCUT2D eigenvalue weighted by molar-refractivity contribution is 5.95. The zero-order chi connectivity index (χ0) is 28.0. The molecule has 15 heteroatoms. The summed E-state index contributed by atoms with van der Waals surface area (Å²) in [5.74, 6) is -5.11. The lowest BCUT2D eigenvalue weighted by Gasteiger charge is -2.23. The third-order valence-electron chi connectivity index (χ3n) is 5.19. The first-order valence-electron chi connectivity index (χ1n) is 11.6. The van der Waals surface area contributed by atoms with E-state index < -0.39 is 60.3 Å². The van der Waals surface area contributed by atoms with Crippen molar-refractivity contribution in [2.45, 2.75) is 83.0 Å². The lowest BCUT2D eigenvalue weighted by Crippen LogP contribution is -2.46. The SMILES string of the molecule is CC(=O)NCCCCC(NC(=O)OC(C)(C)C)C(=O)Nc1ccn([C@@H]2O[C@H](CO)C(O)C2(F)F)c(=O)n1. The van der Waals surface area contributed by atoms with Crippen LogP contribution in [0.2, 0.25) is 0 Å². The van der Waals surface area contributed by atoms with E-state index in [1.807, 2.05) is 0 Å². The number of unbranched alkanes of at least 4 members (excludes halogenated alkanes) is 1. The summed E-state index contributed by atoms with van der Waals surface area (Å²) in [4.78, 5) is 52.1. The van der Waals surface area contributed by atoms with Crippen molar-refractivity contribution in [3.63, 3.8) is 0 Å². The maximum atomic E-state index is 14.4. The number of hydrogen-bond donors (Lipinski definition) is 5. The molecule has 13 nitrogen and oxygen atoms in total. The predicted molar refractivity (Wildman–Crippen MR) is 125 cm³/mol. The molecule has 37 heavy (non-hydrogen) atoms. The molecule has 1 fully saturated rings. The van der Waals surface area contributed by atoms with Gasteiger partial charge < -0.3 is 35.6 Å². The molecule has 2 rings (SSSR count). The standard InChI is InChI=1S/C22H33F2N5O8/c1-12(31)25-9-6-5-7-13(26-20(35)37-21(2,3)4)17(33)27-15-8-10-29(19(34)28-15)18-22(23,24)16(32)14(11-30)36-18/h8,10,13-14,16,18,30,32H,5-7,9,11H2,1-4H3,(H,25,31)(H,26,35)(H,27,28,33,34)/t13?,14-,16?,18-/m1/s1. The summed E-state index contributed by atoms with van der Waals surface area (Å²) < 4.78 is 39.3. The molecule has 0 aromatic carbocycles. The maximum Gasteiger partial charge on any atom is 0.408 e. The smallest absolute Gasteiger partial charge is 0.408 e. The molecule has 1 aliphatic heterocycles. The van der Waals surface area contributed by atoms with Crippen LogP contribution in [0.1, 0.15) is 53.2 Å². The monoisotopic (exact) mass is 533 g/mol. The van der Waals surface area contributed by atoms with Crippen LogP contribution in [0.5, 0.6) is 0 Å². The Kier molecular flexibility index (Phi) is 10.1. The third-order valence-corrected chi connectivity index (χ3v) is 5.19. The second-order valence-corrected chi connectivity index (χ2v) is 9.50. The van der Waals surface area contributed by atoms with Gasteiger partial charge in [0.1, 0.15) is 23.6 Å². The van der Waals surface area contributed by atoms with Gasteiger partial charge in [-0.2, -0.15) is 13.8 Å². The number of nitrogens with one attached hydrogen (secondary N) is 3. The lowest BCUT2D eigenvalue weighted by molar-refractivity contribution is -0.141. The van der Waals surface area contributed by atoms with Crippen LogP contribution in [0.15, 0.2) is 17.1 Å². The number of aliphatic hydroxyl groups excluding tert-OH is 2. The van der Waals surface area contributed by atoms with Gasteiger partial charge >= 0.3 is 17.7 Å². The van der Waals surface area contributed by atoms with Crippen LogP contribution >= 0.6 is 0 Å². The zero-order valence-electron chi connectivity index (χ0n) is 21.0. The number of carbonyl (C=O) groups excluding carboxylic acids is 3. The highest BCUT2D eigenvalue weighted by Crippen LogP contribution is 2.41. The first-order valence-corrected chi connectivity index (χ1v) is 11.6.